The summed E-state index contributed by atoms with van der Waals surface area (Å²) in [4.78, 5) is 12.3. The number of aromatic amines is 1. The fourth-order valence-electron chi connectivity index (χ4n) is 3.70. The molecule has 1 heterocycles. The van der Waals surface area contributed by atoms with Crippen LogP contribution >= 0.6 is 0 Å². The van der Waals surface area contributed by atoms with Gasteiger partial charge in [-0.05, 0) is 48.9 Å². The highest BCUT2D eigenvalue weighted by Gasteiger charge is 2.19. The van der Waals surface area contributed by atoms with Gasteiger partial charge in [0.15, 0.2) is 5.82 Å². The van der Waals surface area contributed by atoms with E-state index in [1.54, 1.807) is 0 Å². The Hall–Kier alpha value is -2.62. The van der Waals surface area contributed by atoms with Crippen LogP contribution in [0.1, 0.15) is 37.7 Å². The number of H-pyrrole nitrogens is 1. The highest BCUT2D eigenvalue weighted by Crippen LogP contribution is 2.29. The first-order valence-corrected chi connectivity index (χ1v) is 9.04. The van der Waals surface area contributed by atoms with Gasteiger partial charge in [-0.15, -0.1) is 0 Å². The summed E-state index contributed by atoms with van der Waals surface area (Å²) in [5.41, 5.74) is 4.50. The van der Waals surface area contributed by atoms with Crippen molar-refractivity contribution >= 4 is 22.6 Å². The van der Waals surface area contributed by atoms with Crippen LogP contribution in [0.4, 0.5) is 5.82 Å². The Morgan fingerprint density at radius 1 is 1.12 bits per heavy atom. The maximum absolute atomic E-state index is 12.3. The average Bonchev–Trinajstić information content (AvgIpc) is 3.25. The Labute approximate surface area is 147 Å². The van der Waals surface area contributed by atoms with Crippen molar-refractivity contribution in [2.24, 2.45) is 5.92 Å². The minimum atomic E-state index is 0.0721. The molecule has 0 aliphatic heterocycles. The summed E-state index contributed by atoms with van der Waals surface area (Å²) in [6, 6.07) is 14.7. The van der Waals surface area contributed by atoms with Gasteiger partial charge in [0.2, 0.25) is 5.91 Å². The fourth-order valence-corrected chi connectivity index (χ4v) is 3.70. The van der Waals surface area contributed by atoms with Crippen LogP contribution in [0.2, 0.25) is 0 Å². The third kappa shape index (κ3) is 3.43. The number of amides is 1. The predicted molar refractivity (Wildman–Crippen MR) is 101 cm³/mol. The van der Waals surface area contributed by atoms with E-state index in [-0.39, 0.29) is 5.91 Å². The highest BCUT2D eigenvalue weighted by molar-refractivity contribution is 6.00. The molecule has 1 aliphatic rings. The molecule has 0 atom stereocenters. The van der Waals surface area contributed by atoms with E-state index in [0.717, 1.165) is 16.5 Å². The van der Waals surface area contributed by atoms with Crippen LogP contribution in [0.15, 0.2) is 42.5 Å². The maximum Gasteiger partial charge on any atom is 0.225 e. The number of hydrogen-bond donors (Lipinski definition) is 2. The minimum Gasteiger partial charge on any atom is -0.309 e. The van der Waals surface area contributed by atoms with E-state index < -0.39 is 0 Å². The number of aryl methyl sites for hydroxylation is 1. The molecule has 1 amide bonds. The molecule has 128 valence electrons. The van der Waals surface area contributed by atoms with Gasteiger partial charge >= 0.3 is 0 Å². The van der Waals surface area contributed by atoms with Gasteiger partial charge in [0, 0.05) is 11.8 Å². The lowest BCUT2D eigenvalue weighted by atomic mass is 10.0. The van der Waals surface area contributed by atoms with Crippen LogP contribution in [0, 0.1) is 12.8 Å². The Morgan fingerprint density at radius 2 is 1.84 bits per heavy atom. The number of fused-ring (bicyclic) bond motifs is 1. The SMILES string of the molecule is Cc1ccc(-c2ccc3c(NC(=O)CC4CCCC4)n[nH]c3c2)cc1. The van der Waals surface area contributed by atoms with Crippen molar-refractivity contribution in [2.75, 3.05) is 5.32 Å². The van der Waals surface area contributed by atoms with Crippen molar-refractivity contribution in [1.29, 1.82) is 0 Å². The Kier molecular flexibility index (Phi) is 4.26. The Morgan fingerprint density at radius 3 is 2.60 bits per heavy atom. The molecule has 2 N–H and O–H groups in total. The lowest BCUT2D eigenvalue weighted by molar-refractivity contribution is -0.117. The molecule has 2 aromatic carbocycles. The topological polar surface area (TPSA) is 57.8 Å². The predicted octanol–water partition coefficient (Wildman–Crippen LogP) is 5.06. The van der Waals surface area contributed by atoms with Gasteiger partial charge in [-0.25, -0.2) is 0 Å². The van der Waals surface area contributed by atoms with Crippen molar-refractivity contribution < 1.29 is 4.79 Å². The summed E-state index contributed by atoms with van der Waals surface area (Å²) >= 11 is 0. The molecule has 0 unspecified atom stereocenters. The Balaban J connectivity index is 1.53. The number of hydrogen-bond acceptors (Lipinski definition) is 2. The van der Waals surface area contributed by atoms with E-state index >= 15 is 0 Å². The van der Waals surface area contributed by atoms with E-state index in [0.29, 0.717) is 18.2 Å². The summed E-state index contributed by atoms with van der Waals surface area (Å²) < 4.78 is 0. The zero-order chi connectivity index (χ0) is 17.2. The molecule has 1 aliphatic carbocycles. The number of anilines is 1. The zero-order valence-electron chi connectivity index (χ0n) is 14.5. The van der Waals surface area contributed by atoms with Crippen LogP contribution in [0.25, 0.3) is 22.0 Å². The van der Waals surface area contributed by atoms with Crippen molar-refractivity contribution in [1.82, 2.24) is 10.2 Å². The number of rotatable bonds is 4. The van der Waals surface area contributed by atoms with Gasteiger partial charge < -0.3 is 5.32 Å². The Bertz CT molecular complexity index is 889. The average molecular weight is 333 g/mol. The van der Waals surface area contributed by atoms with Crippen molar-refractivity contribution in [2.45, 2.75) is 39.0 Å². The second kappa shape index (κ2) is 6.71. The third-order valence-corrected chi connectivity index (χ3v) is 5.15. The molecule has 1 aromatic heterocycles. The van der Waals surface area contributed by atoms with E-state index in [4.69, 9.17) is 0 Å². The normalized spacial score (nSPS) is 14.9. The first kappa shape index (κ1) is 15.9. The minimum absolute atomic E-state index is 0.0721. The van der Waals surface area contributed by atoms with Crippen LogP contribution in [0.5, 0.6) is 0 Å². The highest BCUT2D eigenvalue weighted by atomic mass is 16.1. The molecule has 0 saturated heterocycles. The number of nitrogens with one attached hydrogen (secondary N) is 2. The smallest absolute Gasteiger partial charge is 0.225 e. The molecular weight excluding hydrogens is 310 g/mol. The second-order valence-electron chi connectivity index (χ2n) is 7.10. The van der Waals surface area contributed by atoms with Crippen molar-refractivity contribution in [3.05, 3.63) is 48.0 Å². The molecule has 4 rings (SSSR count). The third-order valence-electron chi connectivity index (χ3n) is 5.15. The molecular formula is C21H23N3O. The van der Waals surface area contributed by atoms with Gasteiger partial charge in [-0.3, -0.25) is 9.89 Å². The van der Waals surface area contributed by atoms with Gasteiger partial charge in [-0.2, -0.15) is 5.10 Å². The zero-order valence-corrected chi connectivity index (χ0v) is 14.5. The monoisotopic (exact) mass is 333 g/mol. The molecule has 4 nitrogen and oxygen atoms in total. The largest absolute Gasteiger partial charge is 0.309 e. The number of nitrogens with zero attached hydrogens (tertiary/aromatic N) is 1. The van der Waals surface area contributed by atoms with E-state index in [9.17, 15) is 4.79 Å². The molecule has 3 aromatic rings. The van der Waals surface area contributed by atoms with Gasteiger partial charge in [0.25, 0.3) is 0 Å². The lowest BCUT2D eigenvalue weighted by Crippen LogP contribution is -2.15. The quantitative estimate of drug-likeness (QED) is 0.701. The molecule has 1 fully saturated rings. The number of carbonyl (C=O) groups is 1. The van der Waals surface area contributed by atoms with Gasteiger partial charge in [-0.1, -0.05) is 48.7 Å². The van der Waals surface area contributed by atoms with Crippen LogP contribution in [0.3, 0.4) is 0 Å². The first-order valence-electron chi connectivity index (χ1n) is 9.04. The van der Waals surface area contributed by atoms with Crippen LogP contribution in [-0.2, 0) is 4.79 Å². The van der Waals surface area contributed by atoms with Gasteiger partial charge in [0.1, 0.15) is 0 Å². The number of benzene rings is 2. The fraction of sp³-hybridized carbons (Fsp3) is 0.333. The summed E-state index contributed by atoms with van der Waals surface area (Å²) in [5, 5.41) is 11.3. The number of carbonyl (C=O) groups excluding carboxylic acids is 1. The summed E-state index contributed by atoms with van der Waals surface area (Å²) in [6.07, 6.45) is 5.47. The molecule has 0 bridgehead atoms. The molecule has 0 spiro atoms. The first-order chi connectivity index (χ1) is 12.2. The number of aromatic nitrogens is 2. The summed E-state index contributed by atoms with van der Waals surface area (Å²) in [7, 11) is 0. The maximum atomic E-state index is 12.3. The molecule has 0 radical (unpaired) electrons. The van der Waals surface area contributed by atoms with Gasteiger partial charge in [0.05, 0.1) is 5.52 Å². The standard InChI is InChI=1S/C21H23N3O/c1-14-6-8-16(9-7-14)17-10-11-18-19(13-17)23-24-21(18)22-20(25)12-15-4-2-3-5-15/h6-11,13,15H,2-5,12H2,1H3,(H2,22,23,24,25). The lowest BCUT2D eigenvalue weighted by Gasteiger charge is -2.08. The van der Waals surface area contributed by atoms with Crippen molar-refractivity contribution in [3.63, 3.8) is 0 Å². The molecule has 25 heavy (non-hydrogen) atoms. The van der Waals surface area contributed by atoms with E-state index in [1.165, 1.54) is 36.8 Å². The van der Waals surface area contributed by atoms with Crippen LogP contribution in [-0.4, -0.2) is 16.1 Å². The second-order valence-corrected chi connectivity index (χ2v) is 7.10. The summed E-state index contributed by atoms with van der Waals surface area (Å²) in [6.45, 7) is 2.09. The van der Waals surface area contributed by atoms with E-state index in [2.05, 4.69) is 58.8 Å². The van der Waals surface area contributed by atoms with Crippen molar-refractivity contribution in [3.8, 4) is 11.1 Å². The van der Waals surface area contributed by atoms with Crippen LogP contribution < -0.4 is 5.32 Å². The molecule has 1 saturated carbocycles. The molecule has 4 heteroatoms. The summed E-state index contributed by atoms with van der Waals surface area (Å²) in [5.74, 6) is 1.25. The van der Waals surface area contributed by atoms with E-state index in [1.807, 2.05) is 6.07 Å².